The van der Waals surface area contributed by atoms with Crippen LogP contribution in [0.3, 0.4) is 0 Å². The summed E-state index contributed by atoms with van der Waals surface area (Å²) < 4.78 is 0. The van der Waals surface area contributed by atoms with E-state index in [1.165, 1.54) is 6.42 Å². The molecule has 0 aliphatic heterocycles. The molecule has 0 aliphatic rings. The molecule has 0 amide bonds. The number of nitrogens with zero attached hydrogens (tertiary/aromatic N) is 1. The van der Waals surface area contributed by atoms with Crippen LogP contribution in [0, 0.1) is 11.3 Å². The van der Waals surface area contributed by atoms with Crippen molar-refractivity contribution >= 4 is 0 Å². The van der Waals surface area contributed by atoms with Gasteiger partial charge in [-0.2, -0.15) is 0 Å². The lowest BCUT2D eigenvalue weighted by Gasteiger charge is -2.25. The molecule has 12 heavy (non-hydrogen) atoms. The van der Waals surface area contributed by atoms with E-state index in [0.717, 1.165) is 6.54 Å². The van der Waals surface area contributed by atoms with E-state index in [-0.39, 0.29) is 0 Å². The van der Waals surface area contributed by atoms with Crippen LogP contribution >= 0.6 is 0 Å². The zero-order chi connectivity index (χ0) is 9.78. The molecule has 0 rings (SSSR count). The molecule has 0 saturated carbocycles. The highest BCUT2D eigenvalue weighted by atomic mass is 15.1. The van der Waals surface area contributed by atoms with Gasteiger partial charge < -0.3 is 4.90 Å². The highest BCUT2D eigenvalue weighted by molar-refractivity contribution is 4.84. The van der Waals surface area contributed by atoms with E-state index in [9.17, 15) is 0 Å². The van der Waals surface area contributed by atoms with Crippen LogP contribution in [-0.4, -0.2) is 25.5 Å². The third-order valence-electron chi connectivity index (χ3n) is 1.81. The van der Waals surface area contributed by atoms with Crippen LogP contribution in [0.25, 0.3) is 0 Å². The largest absolute Gasteiger partial charge is 0.309 e. The van der Waals surface area contributed by atoms with Crippen molar-refractivity contribution in [1.29, 1.82) is 0 Å². The molecule has 0 aromatic rings. The Morgan fingerprint density at radius 3 is 2.08 bits per heavy atom. The molecular formula is C11H23N. The number of hydrogen-bond acceptors (Lipinski definition) is 1. The quantitative estimate of drug-likeness (QED) is 0.585. The SMILES string of the molecule is C=CC(CN(C)C)CC(C)(C)C. The van der Waals surface area contributed by atoms with Crippen molar-refractivity contribution in [2.24, 2.45) is 11.3 Å². The Balaban J connectivity index is 3.92. The summed E-state index contributed by atoms with van der Waals surface area (Å²) in [5.41, 5.74) is 0.412. The van der Waals surface area contributed by atoms with Gasteiger partial charge >= 0.3 is 0 Å². The summed E-state index contributed by atoms with van der Waals surface area (Å²) in [6.07, 6.45) is 3.29. The molecule has 0 heterocycles. The van der Waals surface area contributed by atoms with Crippen LogP contribution in [0.1, 0.15) is 27.2 Å². The minimum absolute atomic E-state index is 0.412. The van der Waals surface area contributed by atoms with Crippen LogP contribution in [0.4, 0.5) is 0 Å². The van der Waals surface area contributed by atoms with Gasteiger partial charge in [0.25, 0.3) is 0 Å². The summed E-state index contributed by atoms with van der Waals surface area (Å²) >= 11 is 0. The van der Waals surface area contributed by atoms with Crippen LogP contribution < -0.4 is 0 Å². The van der Waals surface area contributed by atoms with Crippen molar-refractivity contribution in [2.75, 3.05) is 20.6 Å². The minimum Gasteiger partial charge on any atom is -0.309 e. The highest BCUT2D eigenvalue weighted by Crippen LogP contribution is 2.25. The predicted octanol–water partition coefficient (Wildman–Crippen LogP) is 2.79. The Morgan fingerprint density at radius 2 is 1.83 bits per heavy atom. The monoisotopic (exact) mass is 169 g/mol. The summed E-state index contributed by atoms with van der Waals surface area (Å²) in [5.74, 6) is 0.625. The average Bonchev–Trinajstić information content (AvgIpc) is 1.82. The van der Waals surface area contributed by atoms with Crippen molar-refractivity contribution in [3.8, 4) is 0 Å². The van der Waals surface area contributed by atoms with Crippen molar-refractivity contribution in [2.45, 2.75) is 27.2 Å². The van der Waals surface area contributed by atoms with Gasteiger partial charge in [0.15, 0.2) is 0 Å². The average molecular weight is 169 g/mol. The Kier molecular flexibility index (Phi) is 4.54. The molecule has 0 radical (unpaired) electrons. The highest BCUT2D eigenvalue weighted by Gasteiger charge is 2.16. The fourth-order valence-corrected chi connectivity index (χ4v) is 1.48. The lowest BCUT2D eigenvalue weighted by Crippen LogP contribution is -2.23. The van der Waals surface area contributed by atoms with Crippen molar-refractivity contribution < 1.29 is 0 Å². The summed E-state index contributed by atoms with van der Waals surface area (Å²) in [6, 6.07) is 0. The maximum absolute atomic E-state index is 3.87. The summed E-state index contributed by atoms with van der Waals surface area (Å²) in [5, 5.41) is 0. The normalized spacial score (nSPS) is 14.8. The van der Waals surface area contributed by atoms with Gasteiger partial charge in [-0.1, -0.05) is 26.8 Å². The molecule has 72 valence electrons. The van der Waals surface area contributed by atoms with E-state index in [2.05, 4.69) is 52.4 Å². The predicted molar refractivity (Wildman–Crippen MR) is 56.3 cm³/mol. The Hall–Kier alpha value is -0.300. The molecule has 1 heteroatoms. The molecule has 0 aromatic heterocycles. The van der Waals surface area contributed by atoms with E-state index >= 15 is 0 Å². The Morgan fingerprint density at radius 1 is 1.33 bits per heavy atom. The topological polar surface area (TPSA) is 3.24 Å². The molecule has 1 nitrogen and oxygen atoms in total. The first-order chi connectivity index (χ1) is 5.35. The maximum Gasteiger partial charge on any atom is 0.00383 e. The van der Waals surface area contributed by atoms with E-state index in [4.69, 9.17) is 0 Å². The molecule has 0 spiro atoms. The molecule has 1 atom stereocenters. The minimum atomic E-state index is 0.412. The fourth-order valence-electron chi connectivity index (χ4n) is 1.48. The van der Waals surface area contributed by atoms with Crippen molar-refractivity contribution in [3.63, 3.8) is 0 Å². The van der Waals surface area contributed by atoms with Gasteiger partial charge in [-0.05, 0) is 31.8 Å². The first-order valence-corrected chi connectivity index (χ1v) is 4.62. The molecular weight excluding hydrogens is 146 g/mol. The smallest absolute Gasteiger partial charge is 0.00383 e. The van der Waals surface area contributed by atoms with E-state index in [1.807, 2.05) is 0 Å². The van der Waals surface area contributed by atoms with Gasteiger partial charge in [0.2, 0.25) is 0 Å². The second-order valence-corrected chi connectivity index (χ2v) is 5.02. The Labute approximate surface area is 77.5 Å². The van der Waals surface area contributed by atoms with E-state index in [1.54, 1.807) is 0 Å². The van der Waals surface area contributed by atoms with Gasteiger partial charge in [0.1, 0.15) is 0 Å². The fraction of sp³-hybridized carbons (Fsp3) is 0.818. The molecule has 0 aliphatic carbocycles. The van der Waals surface area contributed by atoms with E-state index in [0.29, 0.717) is 11.3 Å². The zero-order valence-electron chi connectivity index (χ0n) is 9.22. The van der Waals surface area contributed by atoms with Gasteiger partial charge in [0, 0.05) is 6.54 Å². The third kappa shape index (κ3) is 6.41. The summed E-state index contributed by atoms with van der Waals surface area (Å²) in [4.78, 5) is 2.22. The van der Waals surface area contributed by atoms with Crippen LogP contribution in [0.15, 0.2) is 12.7 Å². The molecule has 0 aromatic carbocycles. The lowest BCUT2D eigenvalue weighted by molar-refractivity contribution is 0.271. The summed E-state index contributed by atoms with van der Waals surface area (Å²) in [6.45, 7) is 11.8. The van der Waals surface area contributed by atoms with Crippen LogP contribution in [0.5, 0.6) is 0 Å². The second kappa shape index (κ2) is 4.66. The standard InChI is InChI=1S/C11H23N/c1-7-10(9-12(5)6)8-11(2,3)4/h7,10H,1,8-9H2,2-6H3. The van der Waals surface area contributed by atoms with Crippen LogP contribution in [0.2, 0.25) is 0 Å². The molecule has 1 unspecified atom stereocenters. The van der Waals surface area contributed by atoms with Gasteiger partial charge in [0.05, 0.1) is 0 Å². The third-order valence-corrected chi connectivity index (χ3v) is 1.81. The van der Waals surface area contributed by atoms with Gasteiger partial charge in [-0.3, -0.25) is 0 Å². The van der Waals surface area contributed by atoms with Crippen molar-refractivity contribution in [3.05, 3.63) is 12.7 Å². The molecule has 0 N–H and O–H groups in total. The van der Waals surface area contributed by atoms with Gasteiger partial charge in [-0.25, -0.2) is 0 Å². The second-order valence-electron chi connectivity index (χ2n) is 5.02. The first-order valence-electron chi connectivity index (χ1n) is 4.62. The number of rotatable bonds is 4. The maximum atomic E-state index is 3.87. The van der Waals surface area contributed by atoms with Gasteiger partial charge in [-0.15, -0.1) is 6.58 Å². The molecule has 0 saturated heterocycles. The van der Waals surface area contributed by atoms with Crippen molar-refractivity contribution in [1.82, 2.24) is 4.90 Å². The number of hydrogen-bond donors (Lipinski definition) is 0. The summed E-state index contributed by atoms with van der Waals surface area (Å²) in [7, 11) is 4.22. The molecule has 0 bridgehead atoms. The lowest BCUT2D eigenvalue weighted by atomic mass is 9.84. The van der Waals surface area contributed by atoms with E-state index < -0.39 is 0 Å². The molecule has 0 fully saturated rings. The van der Waals surface area contributed by atoms with Crippen LogP contribution in [-0.2, 0) is 0 Å². The zero-order valence-corrected chi connectivity index (χ0v) is 9.22. The first kappa shape index (κ1) is 11.7. The Bertz CT molecular complexity index is 130.